The van der Waals surface area contributed by atoms with Crippen LogP contribution in [0.1, 0.15) is 32.6 Å². The molecule has 0 aliphatic heterocycles. The van der Waals surface area contributed by atoms with Crippen molar-refractivity contribution < 1.29 is 13.2 Å². The van der Waals surface area contributed by atoms with Crippen molar-refractivity contribution in [2.75, 3.05) is 37.8 Å². The first kappa shape index (κ1) is 14.9. The Bertz CT molecular complexity index is 284. The average Bonchev–Trinajstić information content (AvgIpc) is 2.75. The number of hydrogen-bond donors (Lipinski definition) is 1. The summed E-state index contributed by atoms with van der Waals surface area (Å²) in [4.78, 5) is 0. The lowest BCUT2D eigenvalue weighted by Crippen LogP contribution is -2.28. The lowest BCUT2D eigenvalue weighted by Gasteiger charge is -2.10. The van der Waals surface area contributed by atoms with Crippen LogP contribution in [0.2, 0.25) is 0 Å². The molecule has 0 heterocycles. The van der Waals surface area contributed by atoms with E-state index in [0.29, 0.717) is 31.4 Å². The van der Waals surface area contributed by atoms with Crippen LogP contribution in [0, 0.1) is 5.92 Å². The van der Waals surface area contributed by atoms with E-state index in [9.17, 15) is 8.42 Å². The largest absolute Gasteiger partial charge is 0.380 e. The zero-order valence-corrected chi connectivity index (χ0v) is 11.6. The third-order valence-corrected chi connectivity index (χ3v) is 4.99. The summed E-state index contributed by atoms with van der Waals surface area (Å²) in [5.41, 5.74) is 0. The zero-order valence-electron chi connectivity index (χ0n) is 10.8. The minimum atomic E-state index is -2.86. The molecule has 102 valence electrons. The molecule has 17 heavy (non-hydrogen) atoms. The van der Waals surface area contributed by atoms with Crippen LogP contribution in [-0.2, 0) is 14.6 Å². The maximum absolute atomic E-state index is 11.8. The number of hydrogen-bond acceptors (Lipinski definition) is 4. The molecule has 0 aromatic rings. The first-order valence-electron chi connectivity index (χ1n) is 6.63. The van der Waals surface area contributed by atoms with E-state index in [2.05, 4.69) is 5.32 Å². The molecule has 0 saturated heterocycles. The van der Waals surface area contributed by atoms with Gasteiger partial charge in [0.25, 0.3) is 0 Å². The minimum absolute atomic E-state index is 0.260. The van der Waals surface area contributed by atoms with Crippen LogP contribution in [0.15, 0.2) is 0 Å². The number of sulfone groups is 1. The van der Waals surface area contributed by atoms with E-state index in [-0.39, 0.29) is 5.75 Å². The Kier molecular flexibility index (Phi) is 7.08. The van der Waals surface area contributed by atoms with Gasteiger partial charge in [0.05, 0.1) is 18.1 Å². The standard InChI is InChI=1S/C12H25NO3S/c1-2-16-9-7-13-8-10-17(14,15)11-12-5-3-4-6-12/h12-13H,2-11H2,1H3. The third kappa shape index (κ3) is 7.01. The molecule has 1 N–H and O–H groups in total. The Morgan fingerprint density at radius 3 is 2.59 bits per heavy atom. The van der Waals surface area contributed by atoms with Gasteiger partial charge in [-0.1, -0.05) is 12.8 Å². The molecule has 4 nitrogen and oxygen atoms in total. The Hall–Kier alpha value is -0.130. The summed E-state index contributed by atoms with van der Waals surface area (Å²) in [6.07, 6.45) is 4.59. The van der Waals surface area contributed by atoms with Gasteiger partial charge in [0, 0.05) is 19.7 Å². The van der Waals surface area contributed by atoms with E-state index < -0.39 is 9.84 Å². The molecule has 0 aromatic heterocycles. The van der Waals surface area contributed by atoms with Gasteiger partial charge in [0.15, 0.2) is 9.84 Å². The molecule has 0 bridgehead atoms. The van der Waals surface area contributed by atoms with Gasteiger partial charge in [-0.25, -0.2) is 8.42 Å². The highest BCUT2D eigenvalue weighted by Gasteiger charge is 2.21. The highest BCUT2D eigenvalue weighted by atomic mass is 32.2. The van der Waals surface area contributed by atoms with Gasteiger partial charge in [-0.15, -0.1) is 0 Å². The topological polar surface area (TPSA) is 55.4 Å². The van der Waals surface area contributed by atoms with E-state index in [1.807, 2.05) is 6.92 Å². The van der Waals surface area contributed by atoms with E-state index >= 15 is 0 Å². The Balaban J connectivity index is 2.07. The Morgan fingerprint density at radius 1 is 1.24 bits per heavy atom. The molecule has 1 aliphatic carbocycles. The van der Waals surface area contributed by atoms with E-state index in [0.717, 1.165) is 19.4 Å². The van der Waals surface area contributed by atoms with Crippen molar-refractivity contribution in [3.63, 3.8) is 0 Å². The number of ether oxygens (including phenoxy) is 1. The lowest BCUT2D eigenvalue weighted by molar-refractivity contribution is 0.150. The molecule has 0 spiro atoms. The van der Waals surface area contributed by atoms with Crippen molar-refractivity contribution in [1.29, 1.82) is 0 Å². The van der Waals surface area contributed by atoms with Crippen LogP contribution in [0.3, 0.4) is 0 Å². The fraction of sp³-hybridized carbons (Fsp3) is 1.00. The van der Waals surface area contributed by atoms with E-state index in [4.69, 9.17) is 4.74 Å². The lowest BCUT2D eigenvalue weighted by atomic mass is 10.1. The molecule has 5 heteroatoms. The van der Waals surface area contributed by atoms with E-state index in [1.54, 1.807) is 0 Å². The van der Waals surface area contributed by atoms with Crippen LogP contribution in [-0.4, -0.2) is 46.2 Å². The van der Waals surface area contributed by atoms with Gasteiger partial charge in [-0.2, -0.15) is 0 Å². The first-order chi connectivity index (χ1) is 8.14. The molecule has 1 fully saturated rings. The van der Waals surface area contributed by atoms with Crippen molar-refractivity contribution in [1.82, 2.24) is 5.32 Å². The van der Waals surface area contributed by atoms with Crippen molar-refractivity contribution >= 4 is 9.84 Å². The summed E-state index contributed by atoms with van der Waals surface area (Å²) in [7, 11) is -2.86. The molecule has 1 saturated carbocycles. The van der Waals surface area contributed by atoms with Crippen LogP contribution >= 0.6 is 0 Å². The second kappa shape index (κ2) is 8.06. The summed E-state index contributed by atoms with van der Waals surface area (Å²) in [5.74, 6) is 1.07. The van der Waals surface area contributed by atoms with Crippen molar-refractivity contribution in [2.24, 2.45) is 5.92 Å². The van der Waals surface area contributed by atoms with Gasteiger partial charge in [-0.3, -0.25) is 0 Å². The summed E-state index contributed by atoms with van der Waals surface area (Å²) in [6, 6.07) is 0. The molecule has 0 atom stereocenters. The number of nitrogens with one attached hydrogen (secondary N) is 1. The smallest absolute Gasteiger partial charge is 0.151 e. The Morgan fingerprint density at radius 2 is 1.94 bits per heavy atom. The normalized spacial score (nSPS) is 17.7. The van der Waals surface area contributed by atoms with Crippen molar-refractivity contribution in [2.45, 2.75) is 32.6 Å². The first-order valence-corrected chi connectivity index (χ1v) is 8.45. The van der Waals surface area contributed by atoms with Crippen molar-refractivity contribution in [3.05, 3.63) is 0 Å². The highest BCUT2D eigenvalue weighted by Crippen LogP contribution is 2.25. The second-order valence-corrected chi connectivity index (χ2v) is 6.94. The van der Waals surface area contributed by atoms with Crippen LogP contribution < -0.4 is 5.32 Å². The zero-order chi connectivity index (χ0) is 12.6. The molecular formula is C12H25NO3S. The predicted molar refractivity (Wildman–Crippen MR) is 70.0 cm³/mol. The van der Waals surface area contributed by atoms with Crippen LogP contribution in [0.5, 0.6) is 0 Å². The fourth-order valence-corrected chi connectivity index (χ4v) is 3.93. The minimum Gasteiger partial charge on any atom is -0.380 e. The maximum atomic E-state index is 11.8. The molecule has 1 aliphatic rings. The van der Waals surface area contributed by atoms with Gasteiger partial charge in [0.1, 0.15) is 0 Å². The second-order valence-electron chi connectivity index (χ2n) is 4.71. The van der Waals surface area contributed by atoms with Gasteiger partial charge in [-0.05, 0) is 25.7 Å². The van der Waals surface area contributed by atoms with Gasteiger partial charge >= 0.3 is 0 Å². The van der Waals surface area contributed by atoms with Crippen LogP contribution in [0.25, 0.3) is 0 Å². The summed E-state index contributed by atoms with van der Waals surface area (Å²) in [5, 5.41) is 3.10. The maximum Gasteiger partial charge on any atom is 0.151 e. The highest BCUT2D eigenvalue weighted by molar-refractivity contribution is 7.91. The third-order valence-electron chi connectivity index (χ3n) is 3.18. The SMILES string of the molecule is CCOCCNCCS(=O)(=O)CC1CCCC1. The molecule has 0 radical (unpaired) electrons. The molecule has 0 unspecified atom stereocenters. The Labute approximate surface area is 105 Å². The summed E-state index contributed by atoms with van der Waals surface area (Å²) >= 11 is 0. The average molecular weight is 263 g/mol. The van der Waals surface area contributed by atoms with E-state index in [1.165, 1.54) is 12.8 Å². The van der Waals surface area contributed by atoms with Crippen molar-refractivity contribution in [3.8, 4) is 0 Å². The number of rotatable bonds is 9. The van der Waals surface area contributed by atoms with Crippen LogP contribution in [0.4, 0.5) is 0 Å². The summed E-state index contributed by atoms with van der Waals surface area (Å²) in [6.45, 7) is 4.59. The molecule has 1 rings (SSSR count). The molecular weight excluding hydrogens is 238 g/mol. The summed E-state index contributed by atoms with van der Waals surface area (Å²) < 4.78 is 28.8. The molecule has 0 amide bonds. The fourth-order valence-electron chi connectivity index (χ4n) is 2.26. The predicted octanol–water partition coefficient (Wildman–Crippen LogP) is 1.22. The van der Waals surface area contributed by atoms with Gasteiger partial charge < -0.3 is 10.1 Å². The monoisotopic (exact) mass is 263 g/mol. The quantitative estimate of drug-likeness (QED) is 0.636. The molecule has 0 aromatic carbocycles. The van der Waals surface area contributed by atoms with Gasteiger partial charge in [0.2, 0.25) is 0 Å².